The van der Waals surface area contributed by atoms with Crippen LogP contribution in [0.2, 0.25) is 0 Å². The van der Waals surface area contributed by atoms with Gasteiger partial charge in [0, 0.05) is 9.86 Å². The number of benzene rings is 1. The van der Waals surface area contributed by atoms with Gasteiger partial charge in [0.2, 0.25) is 0 Å². The number of hydrogen-bond donors (Lipinski definition) is 0. The number of aromatic nitrogens is 2. The lowest BCUT2D eigenvalue weighted by Crippen LogP contribution is -1.91. The van der Waals surface area contributed by atoms with E-state index in [-0.39, 0.29) is 0 Å². The molecule has 1 aromatic heterocycles. The molecule has 0 amide bonds. The van der Waals surface area contributed by atoms with Crippen LogP contribution in [0.4, 0.5) is 0 Å². The number of thioether (sulfide) groups is 1. The maximum Gasteiger partial charge on any atom is 0.127 e. The highest BCUT2D eigenvalue weighted by Crippen LogP contribution is 2.26. The van der Waals surface area contributed by atoms with Gasteiger partial charge in [0.15, 0.2) is 0 Å². The molecular formula is C10H9BrN2S. The lowest BCUT2D eigenvalue weighted by Gasteiger charge is -2.04. The van der Waals surface area contributed by atoms with Crippen molar-refractivity contribution in [1.82, 2.24) is 9.97 Å². The van der Waals surface area contributed by atoms with Gasteiger partial charge in [0.05, 0.1) is 5.52 Å². The number of rotatable bonds is 1. The minimum Gasteiger partial charge on any atom is -0.233 e. The number of fused-ring (bicyclic) bond motifs is 1. The predicted octanol–water partition coefficient (Wildman–Crippen LogP) is 3.42. The Labute approximate surface area is 95.3 Å². The molecule has 0 spiro atoms. The number of halogens is 1. The van der Waals surface area contributed by atoms with Gasteiger partial charge in [-0.15, -0.1) is 11.8 Å². The van der Waals surface area contributed by atoms with Crippen LogP contribution in [0.3, 0.4) is 0 Å². The first-order valence-corrected chi connectivity index (χ1v) is 6.20. The van der Waals surface area contributed by atoms with Crippen LogP contribution in [0.25, 0.3) is 10.9 Å². The van der Waals surface area contributed by atoms with E-state index < -0.39 is 0 Å². The van der Waals surface area contributed by atoms with Crippen LogP contribution >= 0.6 is 27.7 Å². The van der Waals surface area contributed by atoms with Crippen molar-refractivity contribution in [2.45, 2.75) is 11.9 Å². The molecule has 0 bridgehead atoms. The van der Waals surface area contributed by atoms with Gasteiger partial charge in [-0.05, 0) is 31.4 Å². The van der Waals surface area contributed by atoms with Crippen molar-refractivity contribution in [3.63, 3.8) is 0 Å². The standard InChI is InChI=1S/C10H9BrN2S/c1-6-12-9-4-3-7(11)5-8(9)10(13-6)14-2/h3-5H,1-2H3. The zero-order valence-electron chi connectivity index (χ0n) is 7.91. The van der Waals surface area contributed by atoms with Gasteiger partial charge < -0.3 is 0 Å². The van der Waals surface area contributed by atoms with Crippen LogP contribution in [0.1, 0.15) is 5.82 Å². The lowest BCUT2D eigenvalue weighted by molar-refractivity contribution is 1.01. The summed E-state index contributed by atoms with van der Waals surface area (Å²) in [6, 6.07) is 6.06. The van der Waals surface area contributed by atoms with Crippen molar-refractivity contribution in [3.8, 4) is 0 Å². The SMILES string of the molecule is CSc1nc(C)nc2ccc(Br)cc12. The van der Waals surface area contributed by atoms with Crippen molar-refractivity contribution in [2.24, 2.45) is 0 Å². The normalized spacial score (nSPS) is 10.8. The third-order valence-corrected chi connectivity index (χ3v) is 3.12. The Balaban J connectivity index is 2.81. The summed E-state index contributed by atoms with van der Waals surface area (Å²) in [5, 5.41) is 2.14. The molecule has 14 heavy (non-hydrogen) atoms. The summed E-state index contributed by atoms with van der Waals surface area (Å²) in [4.78, 5) is 8.77. The first-order chi connectivity index (χ1) is 6.70. The number of nitrogens with zero attached hydrogens (tertiary/aromatic N) is 2. The molecule has 0 aliphatic carbocycles. The third-order valence-electron chi connectivity index (χ3n) is 1.93. The highest BCUT2D eigenvalue weighted by atomic mass is 79.9. The molecular weight excluding hydrogens is 260 g/mol. The van der Waals surface area contributed by atoms with Crippen LogP contribution in [-0.4, -0.2) is 16.2 Å². The van der Waals surface area contributed by atoms with E-state index in [2.05, 4.69) is 32.0 Å². The highest BCUT2D eigenvalue weighted by molar-refractivity contribution is 9.10. The fraction of sp³-hybridized carbons (Fsp3) is 0.200. The molecule has 0 unspecified atom stereocenters. The average Bonchev–Trinajstić information content (AvgIpc) is 2.17. The molecule has 0 aliphatic rings. The molecule has 0 saturated heterocycles. The Hall–Kier alpha value is -0.610. The summed E-state index contributed by atoms with van der Waals surface area (Å²) < 4.78 is 1.06. The molecule has 0 atom stereocenters. The van der Waals surface area contributed by atoms with E-state index in [9.17, 15) is 0 Å². The van der Waals surface area contributed by atoms with Crippen LogP contribution in [0, 0.1) is 6.92 Å². The molecule has 0 fully saturated rings. The van der Waals surface area contributed by atoms with Crippen molar-refractivity contribution >= 4 is 38.6 Å². The first-order valence-electron chi connectivity index (χ1n) is 4.18. The molecule has 1 heterocycles. The monoisotopic (exact) mass is 268 g/mol. The molecule has 4 heteroatoms. The van der Waals surface area contributed by atoms with Gasteiger partial charge >= 0.3 is 0 Å². The van der Waals surface area contributed by atoms with Crippen LogP contribution < -0.4 is 0 Å². The minimum absolute atomic E-state index is 0.823. The second-order valence-electron chi connectivity index (χ2n) is 2.94. The largest absolute Gasteiger partial charge is 0.233 e. The van der Waals surface area contributed by atoms with Crippen LogP contribution in [0.15, 0.2) is 27.7 Å². The fourth-order valence-electron chi connectivity index (χ4n) is 1.34. The average molecular weight is 269 g/mol. The zero-order valence-corrected chi connectivity index (χ0v) is 10.3. The van der Waals surface area contributed by atoms with Crippen LogP contribution in [-0.2, 0) is 0 Å². The maximum atomic E-state index is 4.39. The summed E-state index contributed by atoms with van der Waals surface area (Å²) in [6.45, 7) is 1.92. The summed E-state index contributed by atoms with van der Waals surface area (Å²) >= 11 is 5.10. The number of aryl methyl sites for hydroxylation is 1. The summed E-state index contributed by atoms with van der Waals surface area (Å²) in [5.74, 6) is 0.823. The van der Waals surface area contributed by atoms with Gasteiger partial charge in [-0.1, -0.05) is 15.9 Å². The van der Waals surface area contributed by atoms with Gasteiger partial charge in [-0.2, -0.15) is 0 Å². The van der Waals surface area contributed by atoms with Gasteiger partial charge in [0.1, 0.15) is 10.9 Å². The molecule has 0 radical (unpaired) electrons. The summed E-state index contributed by atoms with van der Waals surface area (Å²) in [6.07, 6.45) is 2.03. The van der Waals surface area contributed by atoms with Gasteiger partial charge in [0.25, 0.3) is 0 Å². The molecule has 2 aromatic rings. The fourth-order valence-corrected chi connectivity index (χ4v) is 2.31. The molecule has 72 valence electrons. The highest BCUT2D eigenvalue weighted by Gasteiger charge is 2.04. The molecule has 0 N–H and O–H groups in total. The van der Waals surface area contributed by atoms with Crippen molar-refractivity contribution in [2.75, 3.05) is 6.26 Å². The third kappa shape index (κ3) is 1.77. The predicted molar refractivity (Wildman–Crippen MR) is 63.8 cm³/mol. The Morgan fingerprint density at radius 2 is 2.07 bits per heavy atom. The van der Waals surface area contributed by atoms with Crippen molar-refractivity contribution < 1.29 is 0 Å². The Morgan fingerprint density at radius 1 is 1.29 bits per heavy atom. The second-order valence-corrected chi connectivity index (χ2v) is 4.65. The van der Waals surface area contributed by atoms with E-state index in [0.29, 0.717) is 0 Å². The van der Waals surface area contributed by atoms with E-state index in [1.807, 2.05) is 25.3 Å². The topological polar surface area (TPSA) is 25.8 Å². The molecule has 0 aliphatic heterocycles. The van der Waals surface area contributed by atoms with Crippen molar-refractivity contribution in [3.05, 3.63) is 28.5 Å². The number of hydrogen-bond acceptors (Lipinski definition) is 3. The first kappa shape index (κ1) is 9.93. The van der Waals surface area contributed by atoms with E-state index in [4.69, 9.17) is 0 Å². The second kappa shape index (κ2) is 3.87. The van der Waals surface area contributed by atoms with E-state index in [0.717, 1.165) is 26.2 Å². The summed E-state index contributed by atoms with van der Waals surface area (Å²) in [7, 11) is 0. The molecule has 2 nitrogen and oxygen atoms in total. The smallest absolute Gasteiger partial charge is 0.127 e. The quantitative estimate of drug-likeness (QED) is 0.586. The molecule has 1 aromatic carbocycles. The van der Waals surface area contributed by atoms with Gasteiger partial charge in [-0.25, -0.2) is 9.97 Å². The Morgan fingerprint density at radius 3 is 2.79 bits per heavy atom. The minimum atomic E-state index is 0.823. The summed E-state index contributed by atoms with van der Waals surface area (Å²) in [5.41, 5.74) is 1.00. The van der Waals surface area contributed by atoms with E-state index in [1.54, 1.807) is 11.8 Å². The van der Waals surface area contributed by atoms with Gasteiger partial charge in [-0.3, -0.25) is 0 Å². The Kier molecular flexibility index (Phi) is 2.74. The molecule has 0 saturated carbocycles. The lowest BCUT2D eigenvalue weighted by atomic mass is 10.2. The van der Waals surface area contributed by atoms with E-state index in [1.165, 1.54) is 0 Å². The molecule has 2 rings (SSSR count). The van der Waals surface area contributed by atoms with Crippen molar-refractivity contribution in [1.29, 1.82) is 0 Å². The zero-order chi connectivity index (χ0) is 10.1. The maximum absolute atomic E-state index is 4.39. The van der Waals surface area contributed by atoms with E-state index >= 15 is 0 Å². The Bertz CT molecular complexity index is 485. The van der Waals surface area contributed by atoms with Crippen LogP contribution in [0.5, 0.6) is 0 Å².